The van der Waals surface area contributed by atoms with Gasteiger partial charge in [0.2, 0.25) is 0 Å². The fraction of sp³-hybridized carbons (Fsp3) is 0.500. The second-order valence-corrected chi connectivity index (χ2v) is 3.97. The predicted molar refractivity (Wildman–Crippen MR) is 67.0 cm³/mol. The van der Waals surface area contributed by atoms with Crippen LogP contribution < -0.4 is 5.32 Å². The summed E-state index contributed by atoms with van der Waals surface area (Å²) in [7, 11) is 1.73. The van der Waals surface area contributed by atoms with Gasteiger partial charge in [0.15, 0.2) is 0 Å². The summed E-state index contributed by atoms with van der Waals surface area (Å²) in [6.45, 7) is 4.12. The van der Waals surface area contributed by atoms with Crippen LogP contribution in [0, 0.1) is 0 Å². The number of carbonyl (C=O) groups excluding carboxylic acids is 1. The van der Waals surface area contributed by atoms with E-state index in [1.54, 1.807) is 30.3 Å². The normalized spacial score (nSPS) is 10.4. The highest BCUT2D eigenvalue weighted by Gasteiger charge is 2.20. The number of hydrogen-bond acceptors (Lipinski definition) is 4. The number of nitrogens with one attached hydrogen (secondary N) is 1. The van der Waals surface area contributed by atoms with Crippen molar-refractivity contribution in [3.8, 4) is 0 Å². The first kappa shape index (κ1) is 13.4. The third-order valence-corrected chi connectivity index (χ3v) is 2.50. The molecule has 0 saturated carbocycles. The molecule has 1 aromatic heterocycles. The molecule has 0 atom stereocenters. The van der Waals surface area contributed by atoms with Crippen molar-refractivity contribution in [2.24, 2.45) is 0 Å². The summed E-state index contributed by atoms with van der Waals surface area (Å²) in [5, 5.41) is 11.9. The molecule has 0 aliphatic carbocycles. The van der Waals surface area contributed by atoms with Crippen LogP contribution in [-0.2, 0) is 0 Å². The van der Waals surface area contributed by atoms with Crippen LogP contribution in [0.2, 0.25) is 0 Å². The number of nitrogens with zero attached hydrogens (tertiary/aromatic N) is 2. The first-order valence-electron chi connectivity index (χ1n) is 5.66. The molecule has 5 heteroatoms. The zero-order chi connectivity index (χ0) is 12.8. The summed E-state index contributed by atoms with van der Waals surface area (Å²) in [4.78, 5) is 18.0. The van der Waals surface area contributed by atoms with E-state index < -0.39 is 0 Å². The van der Waals surface area contributed by atoms with E-state index in [0.29, 0.717) is 17.9 Å². The molecule has 1 heterocycles. The Bertz CT molecular complexity index is 380. The molecule has 1 rings (SSSR count). The van der Waals surface area contributed by atoms with Gasteiger partial charge in [0.1, 0.15) is 5.82 Å². The molecule has 0 unspecified atom stereocenters. The van der Waals surface area contributed by atoms with Gasteiger partial charge in [-0.2, -0.15) is 0 Å². The Hall–Kier alpha value is -1.62. The lowest BCUT2D eigenvalue weighted by Gasteiger charge is -2.26. The molecule has 1 amide bonds. The van der Waals surface area contributed by atoms with E-state index in [1.807, 2.05) is 13.8 Å². The minimum atomic E-state index is -0.119. The van der Waals surface area contributed by atoms with Crippen LogP contribution in [-0.4, -0.2) is 47.1 Å². The Morgan fingerprint density at radius 3 is 2.82 bits per heavy atom. The van der Waals surface area contributed by atoms with Gasteiger partial charge in [-0.3, -0.25) is 4.79 Å². The lowest BCUT2D eigenvalue weighted by atomic mass is 10.2. The van der Waals surface area contributed by atoms with E-state index in [2.05, 4.69) is 10.3 Å². The molecule has 2 N–H and O–H groups in total. The topological polar surface area (TPSA) is 65.5 Å². The summed E-state index contributed by atoms with van der Waals surface area (Å²) < 4.78 is 0. The second kappa shape index (κ2) is 6.20. The van der Waals surface area contributed by atoms with Gasteiger partial charge >= 0.3 is 0 Å². The molecule has 0 radical (unpaired) electrons. The average Bonchev–Trinajstić information content (AvgIpc) is 2.34. The van der Waals surface area contributed by atoms with Gasteiger partial charge in [-0.05, 0) is 26.0 Å². The Morgan fingerprint density at radius 2 is 2.29 bits per heavy atom. The molecule has 0 aromatic carbocycles. The highest BCUT2D eigenvalue weighted by Crippen LogP contribution is 2.15. The summed E-state index contributed by atoms with van der Waals surface area (Å²) in [5.41, 5.74) is 0.525. The maximum absolute atomic E-state index is 12.3. The maximum atomic E-state index is 12.3. The predicted octanol–water partition coefficient (Wildman–Crippen LogP) is 0.966. The monoisotopic (exact) mass is 237 g/mol. The van der Waals surface area contributed by atoms with Gasteiger partial charge in [0.05, 0.1) is 12.2 Å². The minimum Gasteiger partial charge on any atom is -0.395 e. The fourth-order valence-electron chi connectivity index (χ4n) is 1.63. The zero-order valence-corrected chi connectivity index (χ0v) is 10.5. The van der Waals surface area contributed by atoms with E-state index >= 15 is 0 Å². The summed E-state index contributed by atoms with van der Waals surface area (Å²) in [6.07, 6.45) is 1.63. The summed E-state index contributed by atoms with van der Waals surface area (Å²) >= 11 is 0. The lowest BCUT2D eigenvalue weighted by molar-refractivity contribution is 0.0666. The van der Waals surface area contributed by atoms with E-state index in [1.165, 1.54) is 0 Å². The van der Waals surface area contributed by atoms with Crippen molar-refractivity contribution in [2.45, 2.75) is 19.9 Å². The van der Waals surface area contributed by atoms with Gasteiger partial charge in [-0.15, -0.1) is 0 Å². The van der Waals surface area contributed by atoms with Crippen LogP contribution in [0.3, 0.4) is 0 Å². The Kier molecular flexibility index (Phi) is 4.90. The van der Waals surface area contributed by atoms with Crippen LogP contribution in [0.5, 0.6) is 0 Å². The van der Waals surface area contributed by atoms with Crippen LogP contribution in [0.25, 0.3) is 0 Å². The number of hydrogen-bond donors (Lipinski definition) is 2. The maximum Gasteiger partial charge on any atom is 0.257 e. The van der Waals surface area contributed by atoms with E-state index in [0.717, 1.165) is 0 Å². The molecule has 0 spiro atoms. The summed E-state index contributed by atoms with van der Waals surface area (Å²) in [5.74, 6) is 0.438. The molecule has 0 fully saturated rings. The van der Waals surface area contributed by atoms with E-state index in [9.17, 15) is 4.79 Å². The third-order valence-electron chi connectivity index (χ3n) is 2.50. The molecule has 0 bridgehead atoms. The number of aromatic nitrogens is 1. The largest absolute Gasteiger partial charge is 0.395 e. The molecule has 0 aliphatic rings. The van der Waals surface area contributed by atoms with Crippen LogP contribution >= 0.6 is 0 Å². The van der Waals surface area contributed by atoms with E-state index in [4.69, 9.17) is 5.11 Å². The van der Waals surface area contributed by atoms with Crippen molar-refractivity contribution >= 4 is 11.7 Å². The standard InChI is InChI=1S/C12H19N3O2/c1-9(2)15(7-8-16)12(17)10-5-4-6-14-11(10)13-3/h4-6,9,16H,7-8H2,1-3H3,(H,13,14). The highest BCUT2D eigenvalue weighted by molar-refractivity contribution is 5.98. The molecule has 0 saturated heterocycles. The smallest absolute Gasteiger partial charge is 0.257 e. The second-order valence-electron chi connectivity index (χ2n) is 3.97. The third kappa shape index (κ3) is 3.17. The first-order valence-corrected chi connectivity index (χ1v) is 5.66. The van der Waals surface area contributed by atoms with Crippen molar-refractivity contribution in [1.29, 1.82) is 0 Å². The number of amides is 1. The number of anilines is 1. The molecule has 17 heavy (non-hydrogen) atoms. The molecular weight excluding hydrogens is 218 g/mol. The highest BCUT2D eigenvalue weighted by atomic mass is 16.3. The Balaban J connectivity index is 3.00. The number of carbonyl (C=O) groups is 1. The minimum absolute atomic E-state index is 0.0413. The van der Waals surface area contributed by atoms with Crippen LogP contribution in [0.1, 0.15) is 24.2 Å². The molecular formula is C12H19N3O2. The van der Waals surface area contributed by atoms with Crippen molar-refractivity contribution in [1.82, 2.24) is 9.88 Å². The molecule has 94 valence electrons. The van der Waals surface area contributed by atoms with Crippen molar-refractivity contribution < 1.29 is 9.90 Å². The SMILES string of the molecule is CNc1ncccc1C(=O)N(CCO)C(C)C. The quantitative estimate of drug-likeness (QED) is 0.800. The number of aliphatic hydroxyl groups is 1. The van der Waals surface area contributed by atoms with Crippen molar-refractivity contribution in [2.75, 3.05) is 25.5 Å². The van der Waals surface area contributed by atoms with E-state index in [-0.39, 0.29) is 18.6 Å². The fourth-order valence-corrected chi connectivity index (χ4v) is 1.63. The van der Waals surface area contributed by atoms with Gasteiger partial charge in [-0.25, -0.2) is 4.98 Å². The Labute approximate surface area is 101 Å². The van der Waals surface area contributed by atoms with Crippen LogP contribution in [0.15, 0.2) is 18.3 Å². The molecule has 5 nitrogen and oxygen atoms in total. The lowest BCUT2D eigenvalue weighted by Crippen LogP contribution is -2.39. The summed E-state index contributed by atoms with van der Waals surface area (Å²) in [6, 6.07) is 3.50. The van der Waals surface area contributed by atoms with Crippen molar-refractivity contribution in [3.63, 3.8) is 0 Å². The first-order chi connectivity index (χ1) is 8.11. The van der Waals surface area contributed by atoms with Gasteiger partial charge in [0.25, 0.3) is 5.91 Å². The van der Waals surface area contributed by atoms with Crippen molar-refractivity contribution in [3.05, 3.63) is 23.9 Å². The molecule has 0 aliphatic heterocycles. The number of aliphatic hydroxyl groups excluding tert-OH is 1. The zero-order valence-electron chi connectivity index (χ0n) is 10.5. The average molecular weight is 237 g/mol. The van der Waals surface area contributed by atoms with Gasteiger partial charge in [0, 0.05) is 25.8 Å². The molecule has 1 aromatic rings. The number of rotatable bonds is 5. The van der Waals surface area contributed by atoms with Crippen LogP contribution in [0.4, 0.5) is 5.82 Å². The number of pyridine rings is 1. The van der Waals surface area contributed by atoms with Gasteiger partial charge in [-0.1, -0.05) is 0 Å². The Morgan fingerprint density at radius 1 is 1.59 bits per heavy atom. The van der Waals surface area contributed by atoms with Gasteiger partial charge < -0.3 is 15.3 Å².